The largest absolute Gasteiger partial charge is 0.394 e. The quantitative estimate of drug-likeness (QED) is 0.0607. The Morgan fingerprint density at radius 2 is 0.676 bits per heavy atom. The Bertz CT molecular complexity index is 426. The van der Waals surface area contributed by atoms with E-state index >= 15 is 0 Å². The molecule has 0 saturated heterocycles. The lowest BCUT2D eigenvalue weighted by atomic mass is 10.0. The van der Waals surface area contributed by atoms with Gasteiger partial charge in [-0.05, 0) is 45.1 Å². The molecule has 37 heavy (non-hydrogen) atoms. The summed E-state index contributed by atoms with van der Waals surface area (Å²) in [6.45, 7) is 0.770. The van der Waals surface area contributed by atoms with Gasteiger partial charge >= 0.3 is 0 Å². The van der Waals surface area contributed by atoms with Crippen LogP contribution in [0.5, 0.6) is 0 Å². The molecule has 0 aromatic rings. The second-order valence-electron chi connectivity index (χ2n) is 11.7. The van der Waals surface area contributed by atoms with Crippen LogP contribution in [0.25, 0.3) is 0 Å². The van der Waals surface area contributed by atoms with Crippen molar-refractivity contribution in [1.82, 2.24) is 0 Å². The van der Waals surface area contributed by atoms with Crippen LogP contribution in [-0.2, 0) is 0 Å². The highest BCUT2D eigenvalue weighted by Crippen LogP contribution is 2.15. The number of hydrogen-bond acceptors (Lipinski definition) is 3. The van der Waals surface area contributed by atoms with Gasteiger partial charge in [-0.15, -0.1) is 0 Å². The average Bonchev–Trinajstić information content (AvgIpc) is 2.91. The summed E-state index contributed by atoms with van der Waals surface area (Å²) in [7, 11) is 0. The third-order valence-electron chi connectivity index (χ3n) is 7.86. The molecule has 1 unspecified atom stereocenters. The highest BCUT2D eigenvalue weighted by atomic mass is 16.3. The van der Waals surface area contributed by atoms with Crippen molar-refractivity contribution >= 4 is 0 Å². The maximum Gasteiger partial charge on any atom is 0.0770 e. The minimum absolute atomic E-state index is 0.0869. The van der Waals surface area contributed by atoms with Crippen LogP contribution in [0.15, 0.2) is 12.2 Å². The third-order valence-corrected chi connectivity index (χ3v) is 7.86. The van der Waals surface area contributed by atoms with Gasteiger partial charge < -0.3 is 15.9 Å². The number of nitrogens with two attached hydrogens (primary N) is 1. The summed E-state index contributed by atoms with van der Waals surface area (Å²) in [4.78, 5) is 0. The van der Waals surface area contributed by atoms with Crippen molar-refractivity contribution in [3.8, 4) is 0 Å². The molecule has 0 saturated carbocycles. The molecule has 0 spiro atoms. The zero-order valence-corrected chi connectivity index (χ0v) is 25.1. The molecule has 0 aromatic carbocycles. The van der Waals surface area contributed by atoms with E-state index in [9.17, 15) is 5.11 Å². The standard InChI is InChI=1S/C34H69NO2/c35-32-30-28-26-24-22-20-18-16-14-12-10-8-6-4-2-1-3-5-7-9-11-13-15-17-19-21-23-25-27-29-31-34(37)33-36/h14,16,34,36-37H,1-13,15,17-33,35H2. The molecule has 0 aliphatic carbocycles. The minimum Gasteiger partial charge on any atom is -0.394 e. The van der Waals surface area contributed by atoms with Gasteiger partial charge in [-0.3, -0.25) is 0 Å². The lowest BCUT2D eigenvalue weighted by Gasteiger charge is -2.06. The Hall–Kier alpha value is -0.380. The first-order valence-electron chi connectivity index (χ1n) is 16.9. The average molecular weight is 524 g/mol. The fraction of sp³-hybridized carbons (Fsp3) is 0.941. The summed E-state index contributed by atoms with van der Waals surface area (Å²) < 4.78 is 0. The lowest BCUT2D eigenvalue weighted by Crippen LogP contribution is -2.10. The Morgan fingerprint density at radius 1 is 0.405 bits per heavy atom. The van der Waals surface area contributed by atoms with Crippen LogP contribution in [0.4, 0.5) is 0 Å². The van der Waals surface area contributed by atoms with Crippen LogP contribution >= 0.6 is 0 Å². The molecule has 0 bridgehead atoms. The highest BCUT2D eigenvalue weighted by molar-refractivity contribution is 4.81. The van der Waals surface area contributed by atoms with Crippen molar-refractivity contribution in [2.45, 2.75) is 192 Å². The molecule has 4 N–H and O–H groups in total. The third kappa shape index (κ3) is 33.6. The van der Waals surface area contributed by atoms with E-state index in [-0.39, 0.29) is 6.61 Å². The van der Waals surface area contributed by atoms with Crippen molar-refractivity contribution in [3.05, 3.63) is 12.2 Å². The van der Waals surface area contributed by atoms with Crippen LogP contribution in [0, 0.1) is 0 Å². The molecule has 0 amide bonds. The monoisotopic (exact) mass is 524 g/mol. The Kier molecular flexibility index (Phi) is 33.3. The van der Waals surface area contributed by atoms with Crippen LogP contribution in [-0.4, -0.2) is 29.5 Å². The summed E-state index contributed by atoms with van der Waals surface area (Å²) in [5.41, 5.74) is 5.53. The molecular formula is C34H69NO2. The molecule has 0 heterocycles. The minimum atomic E-state index is -0.500. The Labute approximate surface area is 233 Å². The zero-order chi connectivity index (χ0) is 26.9. The Morgan fingerprint density at radius 3 is 0.973 bits per heavy atom. The molecule has 0 aliphatic heterocycles. The SMILES string of the molecule is NCCCCCCCCC=CCCCCCCCCCCCCCCCCCCCCCCC(O)CO. The first-order chi connectivity index (χ1) is 18.3. The summed E-state index contributed by atoms with van der Waals surface area (Å²) in [6.07, 6.45) is 43.4. The fourth-order valence-electron chi connectivity index (χ4n) is 5.26. The van der Waals surface area contributed by atoms with Crippen molar-refractivity contribution in [2.75, 3.05) is 13.2 Å². The van der Waals surface area contributed by atoms with Gasteiger partial charge in [0.2, 0.25) is 0 Å². The van der Waals surface area contributed by atoms with E-state index in [0.717, 1.165) is 19.4 Å². The highest BCUT2D eigenvalue weighted by Gasteiger charge is 2.00. The van der Waals surface area contributed by atoms with Crippen LogP contribution in [0.2, 0.25) is 0 Å². The number of allylic oxidation sites excluding steroid dienone is 2. The maximum atomic E-state index is 9.31. The van der Waals surface area contributed by atoms with Crippen molar-refractivity contribution in [2.24, 2.45) is 5.73 Å². The van der Waals surface area contributed by atoms with Gasteiger partial charge in [0.15, 0.2) is 0 Å². The molecule has 0 rings (SSSR count). The first-order valence-corrected chi connectivity index (χ1v) is 16.9. The zero-order valence-electron chi connectivity index (χ0n) is 25.1. The van der Waals surface area contributed by atoms with E-state index in [1.54, 1.807) is 0 Å². The van der Waals surface area contributed by atoms with Gasteiger partial charge in [-0.2, -0.15) is 0 Å². The lowest BCUT2D eigenvalue weighted by molar-refractivity contribution is 0.0860. The van der Waals surface area contributed by atoms with Gasteiger partial charge in [0, 0.05) is 0 Å². The van der Waals surface area contributed by atoms with Crippen molar-refractivity contribution < 1.29 is 10.2 Å². The van der Waals surface area contributed by atoms with Crippen LogP contribution in [0.1, 0.15) is 186 Å². The normalized spacial score (nSPS) is 12.6. The number of rotatable bonds is 32. The summed E-state index contributed by atoms with van der Waals surface area (Å²) in [5, 5.41) is 18.1. The van der Waals surface area contributed by atoms with E-state index in [1.165, 1.54) is 173 Å². The van der Waals surface area contributed by atoms with Crippen molar-refractivity contribution in [3.63, 3.8) is 0 Å². The van der Waals surface area contributed by atoms with Crippen molar-refractivity contribution in [1.29, 1.82) is 0 Å². The fourth-order valence-corrected chi connectivity index (χ4v) is 5.26. The van der Waals surface area contributed by atoms with E-state index in [2.05, 4.69) is 12.2 Å². The van der Waals surface area contributed by atoms with Gasteiger partial charge in [-0.1, -0.05) is 160 Å². The number of aliphatic hydroxyl groups is 2. The molecule has 3 nitrogen and oxygen atoms in total. The second kappa shape index (κ2) is 33.6. The number of hydrogen-bond donors (Lipinski definition) is 3. The molecule has 222 valence electrons. The first kappa shape index (κ1) is 36.6. The molecule has 3 heteroatoms. The van der Waals surface area contributed by atoms with E-state index in [4.69, 9.17) is 10.8 Å². The second-order valence-corrected chi connectivity index (χ2v) is 11.7. The molecule has 1 atom stereocenters. The van der Waals surface area contributed by atoms with Gasteiger partial charge in [-0.25, -0.2) is 0 Å². The van der Waals surface area contributed by atoms with Gasteiger partial charge in [0.1, 0.15) is 0 Å². The topological polar surface area (TPSA) is 66.5 Å². The number of aliphatic hydroxyl groups excluding tert-OH is 2. The smallest absolute Gasteiger partial charge is 0.0770 e. The van der Waals surface area contributed by atoms with Crippen LogP contribution < -0.4 is 5.73 Å². The molecular weight excluding hydrogens is 454 g/mol. The number of unbranched alkanes of at least 4 members (excludes halogenated alkanes) is 26. The summed E-state index contributed by atoms with van der Waals surface area (Å²) in [5.74, 6) is 0. The maximum absolute atomic E-state index is 9.31. The summed E-state index contributed by atoms with van der Waals surface area (Å²) >= 11 is 0. The van der Waals surface area contributed by atoms with E-state index in [0.29, 0.717) is 0 Å². The van der Waals surface area contributed by atoms with Gasteiger partial charge in [0.25, 0.3) is 0 Å². The predicted octanol–water partition coefficient (Wildman–Crippen LogP) is 10.2. The van der Waals surface area contributed by atoms with E-state index < -0.39 is 6.10 Å². The summed E-state index contributed by atoms with van der Waals surface area (Å²) in [6, 6.07) is 0. The predicted molar refractivity (Wildman–Crippen MR) is 165 cm³/mol. The molecule has 0 radical (unpaired) electrons. The van der Waals surface area contributed by atoms with Gasteiger partial charge in [0.05, 0.1) is 12.7 Å². The van der Waals surface area contributed by atoms with Crippen LogP contribution in [0.3, 0.4) is 0 Å². The van der Waals surface area contributed by atoms with E-state index in [1.807, 2.05) is 0 Å². The molecule has 0 aliphatic rings. The molecule has 0 fully saturated rings. The molecule has 0 aromatic heterocycles. The Balaban J connectivity index is 3.07.